The number of aryl methyl sites for hydroxylation is 1. The van der Waals surface area contributed by atoms with E-state index in [2.05, 4.69) is 15.4 Å². The van der Waals surface area contributed by atoms with Gasteiger partial charge in [-0.2, -0.15) is 5.10 Å². The third kappa shape index (κ3) is 5.41. The molecule has 0 spiro atoms. The fourth-order valence-electron chi connectivity index (χ4n) is 3.35. The molecule has 4 rings (SSSR count). The quantitative estimate of drug-likeness (QED) is 0.417. The van der Waals surface area contributed by atoms with Gasteiger partial charge in [0, 0.05) is 30.9 Å². The maximum Gasteiger partial charge on any atom is 0.226 e. The van der Waals surface area contributed by atoms with E-state index in [-0.39, 0.29) is 29.8 Å². The summed E-state index contributed by atoms with van der Waals surface area (Å²) in [5.41, 5.74) is 2.80. The zero-order valence-corrected chi connectivity index (χ0v) is 18.0. The molecule has 0 aliphatic carbocycles. The number of pyridine rings is 1. The number of halogens is 2. The monoisotopic (exact) mass is 448 g/mol. The molecular formula is C25H22F2N4O2. The van der Waals surface area contributed by atoms with Gasteiger partial charge in [0.2, 0.25) is 11.8 Å². The lowest BCUT2D eigenvalue weighted by molar-refractivity contribution is -0.121. The lowest BCUT2D eigenvalue weighted by atomic mass is 10.1. The zero-order valence-electron chi connectivity index (χ0n) is 18.0. The number of amides is 1. The van der Waals surface area contributed by atoms with Crippen LogP contribution in [0.4, 0.5) is 8.78 Å². The first-order chi connectivity index (χ1) is 16.0. The van der Waals surface area contributed by atoms with E-state index in [0.29, 0.717) is 29.9 Å². The van der Waals surface area contributed by atoms with Crippen molar-refractivity contribution < 1.29 is 18.3 Å². The number of nitrogens with zero attached hydrogens (tertiary/aromatic N) is 3. The summed E-state index contributed by atoms with van der Waals surface area (Å²) in [6.07, 6.45) is 3.86. The van der Waals surface area contributed by atoms with Gasteiger partial charge in [0.25, 0.3) is 0 Å². The summed E-state index contributed by atoms with van der Waals surface area (Å²) in [4.78, 5) is 16.4. The minimum atomic E-state index is -0.525. The number of nitrogens with one attached hydrogen (secondary N) is 1. The van der Waals surface area contributed by atoms with Crippen LogP contribution in [0.5, 0.6) is 11.6 Å². The van der Waals surface area contributed by atoms with Gasteiger partial charge < -0.3 is 10.1 Å². The van der Waals surface area contributed by atoms with Crippen LogP contribution < -0.4 is 10.1 Å². The number of carbonyl (C=O) groups excluding carboxylic acids is 1. The summed E-state index contributed by atoms with van der Waals surface area (Å²) in [6, 6.07) is 15.4. The van der Waals surface area contributed by atoms with Crippen LogP contribution in [0.3, 0.4) is 0 Å². The highest BCUT2D eigenvalue weighted by Crippen LogP contribution is 2.32. The maximum atomic E-state index is 14.3. The highest BCUT2D eigenvalue weighted by Gasteiger charge is 2.21. The molecule has 0 aliphatic rings. The van der Waals surface area contributed by atoms with Crippen LogP contribution in [-0.4, -0.2) is 20.7 Å². The summed E-state index contributed by atoms with van der Waals surface area (Å²) in [6.45, 7) is 2.19. The maximum absolute atomic E-state index is 14.3. The standard InChI is InChI=1S/C25H22F2N4O2/c1-17-21(10-11-24(32)29-16-18-12-14-28-15-13-18)25(33-23-5-3-2-4-22(23)27)31(30-17)20-8-6-19(26)7-9-20/h2-9,12-15H,10-11,16H2,1H3,(H,29,32). The average molecular weight is 448 g/mol. The number of hydrogen-bond acceptors (Lipinski definition) is 4. The van der Waals surface area contributed by atoms with Crippen molar-refractivity contribution in [1.82, 2.24) is 20.1 Å². The Balaban J connectivity index is 1.57. The van der Waals surface area contributed by atoms with Gasteiger partial charge in [-0.25, -0.2) is 13.5 Å². The average Bonchev–Trinajstić information content (AvgIpc) is 3.13. The van der Waals surface area contributed by atoms with Crippen molar-refractivity contribution in [2.24, 2.45) is 0 Å². The molecule has 0 unspecified atom stereocenters. The molecule has 168 valence electrons. The van der Waals surface area contributed by atoms with E-state index in [0.717, 1.165) is 5.56 Å². The second-order valence-electron chi connectivity index (χ2n) is 7.42. The Morgan fingerprint density at radius 3 is 2.48 bits per heavy atom. The van der Waals surface area contributed by atoms with Crippen LogP contribution in [0.25, 0.3) is 5.69 Å². The van der Waals surface area contributed by atoms with Gasteiger partial charge in [-0.15, -0.1) is 0 Å². The largest absolute Gasteiger partial charge is 0.436 e. The number of benzene rings is 2. The van der Waals surface area contributed by atoms with Crippen molar-refractivity contribution >= 4 is 5.91 Å². The molecule has 0 fully saturated rings. The molecular weight excluding hydrogens is 426 g/mol. The highest BCUT2D eigenvalue weighted by molar-refractivity contribution is 5.76. The first-order valence-corrected chi connectivity index (χ1v) is 10.4. The number of hydrogen-bond donors (Lipinski definition) is 1. The van der Waals surface area contributed by atoms with E-state index in [1.54, 1.807) is 43.6 Å². The molecule has 0 bridgehead atoms. The molecule has 1 N–H and O–H groups in total. The molecule has 33 heavy (non-hydrogen) atoms. The van der Waals surface area contributed by atoms with Crippen LogP contribution in [0, 0.1) is 18.6 Å². The van der Waals surface area contributed by atoms with Gasteiger partial charge in [-0.1, -0.05) is 12.1 Å². The van der Waals surface area contributed by atoms with Gasteiger partial charge in [-0.05, 0) is 67.4 Å². The van der Waals surface area contributed by atoms with Gasteiger partial charge in [0.05, 0.1) is 11.4 Å². The molecule has 0 radical (unpaired) electrons. The number of rotatable bonds is 8. The van der Waals surface area contributed by atoms with Gasteiger partial charge in [0.1, 0.15) is 5.82 Å². The number of para-hydroxylation sites is 1. The van der Waals surface area contributed by atoms with Crippen LogP contribution in [0.2, 0.25) is 0 Å². The van der Waals surface area contributed by atoms with Gasteiger partial charge in [0.15, 0.2) is 11.6 Å². The molecule has 6 nitrogen and oxygen atoms in total. The zero-order chi connectivity index (χ0) is 23.2. The van der Waals surface area contributed by atoms with Crippen molar-refractivity contribution in [3.8, 4) is 17.3 Å². The summed E-state index contributed by atoms with van der Waals surface area (Å²) in [7, 11) is 0. The lowest BCUT2D eigenvalue weighted by Gasteiger charge is -2.12. The second-order valence-corrected chi connectivity index (χ2v) is 7.42. The topological polar surface area (TPSA) is 69.0 Å². The van der Waals surface area contributed by atoms with E-state index < -0.39 is 5.82 Å². The molecule has 8 heteroatoms. The minimum absolute atomic E-state index is 0.0316. The smallest absolute Gasteiger partial charge is 0.226 e. The van der Waals surface area contributed by atoms with E-state index in [4.69, 9.17) is 4.74 Å². The van der Waals surface area contributed by atoms with E-state index >= 15 is 0 Å². The van der Waals surface area contributed by atoms with E-state index in [1.165, 1.54) is 28.9 Å². The lowest BCUT2D eigenvalue weighted by Crippen LogP contribution is -2.23. The Morgan fingerprint density at radius 1 is 1.03 bits per heavy atom. The predicted molar refractivity (Wildman–Crippen MR) is 119 cm³/mol. The van der Waals surface area contributed by atoms with Gasteiger partial charge >= 0.3 is 0 Å². The first-order valence-electron chi connectivity index (χ1n) is 10.4. The Bertz CT molecular complexity index is 1240. The molecule has 2 aromatic heterocycles. The molecule has 1 amide bonds. The Labute approximate surface area is 189 Å². The molecule has 2 aromatic carbocycles. The normalized spacial score (nSPS) is 10.8. The molecule has 4 aromatic rings. The fourth-order valence-corrected chi connectivity index (χ4v) is 3.35. The molecule has 2 heterocycles. The Kier molecular flexibility index (Phi) is 6.73. The number of aromatic nitrogens is 3. The third-order valence-electron chi connectivity index (χ3n) is 5.09. The van der Waals surface area contributed by atoms with E-state index in [1.807, 2.05) is 12.1 Å². The predicted octanol–water partition coefficient (Wildman–Crippen LogP) is 4.90. The summed E-state index contributed by atoms with van der Waals surface area (Å²) in [5.74, 6) is -0.735. The molecule has 0 saturated carbocycles. The Hall–Kier alpha value is -4.07. The van der Waals surface area contributed by atoms with Gasteiger partial charge in [-0.3, -0.25) is 9.78 Å². The fraction of sp³-hybridized carbons (Fsp3) is 0.160. The summed E-state index contributed by atoms with van der Waals surface area (Å²) in [5, 5.41) is 7.39. The van der Waals surface area contributed by atoms with Crippen molar-refractivity contribution in [3.63, 3.8) is 0 Å². The van der Waals surface area contributed by atoms with Crippen LogP contribution in [-0.2, 0) is 17.8 Å². The first kappa shape index (κ1) is 22.1. The molecule has 0 aliphatic heterocycles. The second kappa shape index (κ2) is 10.0. The van der Waals surface area contributed by atoms with Crippen molar-refractivity contribution in [3.05, 3.63) is 102 Å². The summed E-state index contributed by atoms with van der Waals surface area (Å²) < 4.78 is 35.2. The van der Waals surface area contributed by atoms with Crippen LogP contribution in [0.1, 0.15) is 23.2 Å². The number of carbonyl (C=O) groups is 1. The van der Waals surface area contributed by atoms with Crippen molar-refractivity contribution in [2.75, 3.05) is 0 Å². The van der Waals surface area contributed by atoms with Crippen molar-refractivity contribution in [2.45, 2.75) is 26.3 Å². The van der Waals surface area contributed by atoms with Crippen LogP contribution in [0.15, 0.2) is 73.1 Å². The molecule has 0 saturated heterocycles. The summed E-state index contributed by atoms with van der Waals surface area (Å²) >= 11 is 0. The Morgan fingerprint density at radius 2 is 1.76 bits per heavy atom. The molecule has 0 atom stereocenters. The van der Waals surface area contributed by atoms with Crippen molar-refractivity contribution in [1.29, 1.82) is 0 Å². The highest BCUT2D eigenvalue weighted by atomic mass is 19.1. The minimum Gasteiger partial charge on any atom is -0.436 e. The van der Waals surface area contributed by atoms with E-state index in [9.17, 15) is 13.6 Å². The van der Waals surface area contributed by atoms with Crippen LogP contribution >= 0.6 is 0 Å². The number of ether oxygens (including phenoxy) is 1. The SMILES string of the molecule is Cc1nn(-c2ccc(F)cc2)c(Oc2ccccc2F)c1CCC(=O)NCc1ccncc1. The third-order valence-corrected chi connectivity index (χ3v) is 5.09.